The highest BCUT2D eigenvalue weighted by atomic mass is 16.2. The highest BCUT2D eigenvalue weighted by Crippen LogP contribution is 2.40. The molecule has 4 aliphatic rings. The van der Waals surface area contributed by atoms with Crippen LogP contribution in [-0.2, 0) is 4.79 Å². The van der Waals surface area contributed by atoms with Crippen LogP contribution in [0.15, 0.2) is 4.99 Å². The Labute approximate surface area is 108 Å². The van der Waals surface area contributed by atoms with Gasteiger partial charge in [0.25, 0.3) is 5.91 Å². The van der Waals surface area contributed by atoms with E-state index in [2.05, 4.69) is 36.3 Å². The minimum atomic E-state index is -0.510. The minimum Gasteiger partial charge on any atom is -0.351 e. The smallest absolute Gasteiger partial charge is 0.256 e. The second-order valence-corrected chi connectivity index (χ2v) is 6.76. The van der Waals surface area contributed by atoms with Crippen molar-refractivity contribution >= 4 is 11.9 Å². The fourth-order valence-electron chi connectivity index (χ4n) is 3.33. The summed E-state index contributed by atoms with van der Waals surface area (Å²) < 4.78 is 0. The lowest BCUT2D eigenvalue weighted by molar-refractivity contribution is -0.130. The topological polar surface area (TPSA) is 56.7 Å². The number of guanidine groups is 1. The van der Waals surface area contributed by atoms with Crippen LogP contribution in [0.5, 0.6) is 0 Å². The SMILES string of the molecule is CC(C)(C)NC1=NC2(CN3CCC2CC3)C(=O)N1. The summed E-state index contributed by atoms with van der Waals surface area (Å²) in [5.74, 6) is 1.16. The molecular formula is C13H22N4O. The molecule has 0 aromatic rings. The summed E-state index contributed by atoms with van der Waals surface area (Å²) in [6.07, 6.45) is 2.19. The van der Waals surface area contributed by atoms with Gasteiger partial charge in [-0.25, -0.2) is 4.99 Å². The van der Waals surface area contributed by atoms with Crippen molar-refractivity contribution in [1.29, 1.82) is 0 Å². The molecule has 2 bridgehead atoms. The van der Waals surface area contributed by atoms with Crippen molar-refractivity contribution < 1.29 is 4.79 Å². The van der Waals surface area contributed by atoms with Crippen molar-refractivity contribution in [3.63, 3.8) is 0 Å². The highest BCUT2D eigenvalue weighted by Gasteiger charge is 2.55. The van der Waals surface area contributed by atoms with Crippen LogP contribution in [0.4, 0.5) is 0 Å². The van der Waals surface area contributed by atoms with E-state index in [1.54, 1.807) is 0 Å². The van der Waals surface area contributed by atoms with E-state index in [4.69, 9.17) is 4.99 Å². The molecule has 1 amide bonds. The first-order valence-corrected chi connectivity index (χ1v) is 6.81. The molecule has 0 saturated carbocycles. The Balaban J connectivity index is 1.86. The summed E-state index contributed by atoms with van der Waals surface area (Å²) in [5.41, 5.74) is -0.588. The lowest BCUT2D eigenvalue weighted by Crippen LogP contribution is -2.62. The van der Waals surface area contributed by atoms with Crippen LogP contribution < -0.4 is 10.6 Å². The van der Waals surface area contributed by atoms with Gasteiger partial charge in [0.1, 0.15) is 0 Å². The largest absolute Gasteiger partial charge is 0.351 e. The number of carbonyl (C=O) groups is 1. The van der Waals surface area contributed by atoms with Crippen LogP contribution in [0, 0.1) is 5.92 Å². The van der Waals surface area contributed by atoms with Gasteiger partial charge in [0.05, 0.1) is 0 Å². The van der Waals surface area contributed by atoms with Crippen molar-refractivity contribution in [1.82, 2.24) is 15.5 Å². The Bertz CT molecular complexity index is 404. The van der Waals surface area contributed by atoms with E-state index in [1.165, 1.54) is 0 Å². The van der Waals surface area contributed by atoms with Crippen LogP contribution in [0.25, 0.3) is 0 Å². The van der Waals surface area contributed by atoms with E-state index in [0.29, 0.717) is 11.9 Å². The third kappa shape index (κ3) is 1.81. The molecule has 0 radical (unpaired) electrons. The Kier molecular flexibility index (Phi) is 2.46. The molecule has 4 aliphatic heterocycles. The van der Waals surface area contributed by atoms with E-state index in [0.717, 1.165) is 32.5 Å². The standard InChI is InChI=1S/C13H22N4O/c1-12(2,3)15-11-14-10(18)13(16-11)8-17-6-4-9(13)5-7-17/h9H,4-8H2,1-3H3,(H2,14,15,16,18). The molecule has 0 aromatic heterocycles. The second kappa shape index (κ2) is 3.70. The molecule has 18 heavy (non-hydrogen) atoms. The molecule has 1 atom stereocenters. The number of aliphatic imine (C=N–C) groups is 1. The van der Waals surface area contributed by atoms with Crippen LogP contribution in [-0.4, -0.2) is 47.5 Å². The van der Waals surface area contributed by atoms with Gasteiger partial charge in [0, 0.05) is 12.1 Å². The Morgan fingerprint density at radius 1 is 1.39 bits per heavy atom. The summed E-state index contributed by atoms with van der Waals surface area (Å²) in [6, 6.07) is 0. The first kappa shape index (κ1) is 12.0. The number of hydrogen-bond donors (Lipinski definition) is 2. The minimum absolute atomic E-state index is 0.0778. The Morgan fingerprint density at radius 2 is 2.06 bits per heavy atom. The summed E-state index contributed by atoms with van der Waals surface area (Å²) in [7, 11) is 0. The molecule has 4 rings (SSSR count). The molecule has 5 heteroatoms. The third-order valence-electron chi connectivity index (χ3n) is 4.16. The predicted octanol–water partition coefficient (Wildman–Crippen LogP) is 0.325. The third-order valence-corrected chi connectivity index (χ3v) is 4.16. The number of amides is 1. The lowest BCUT2D eigenvalue weighted by Gasteiger charge is -2.48. The first-order chi connectivity index (χ1) is 8.39. The van der Waals surface area contributed by atoms with Crippen molar-refractivity contribution in [2.45, 2.75) is 44.7 Å². The average Bonchev–Trinajstić information content (AvgIpc) is 2.54. The zero-order valence-corrected chi connectivity index (χ0v) is 11.4. The normalized spacial score (nSPS) is 38.8. The number of nitrogens with one attached hydrogen (secondary N) is 2. The Morgan fingerprint density at radius 3 is 2.56 bits per heavy atom. The van der Waals surface area contributed by atoms with Crippen molar-refractivity contribution in [3.8, 4) is 0 Å². The number of piperidine rings is 3. The van der Waals surface area contributed by atoms with E-state index >= 15 is 0 Å². The maximum Gasteiger partial charge on any atom is 0.256 e. The number of nitrogens with zero attached hydrogens (tertiary/aromatic N) is 2. The number of hydrogen-bond acceptors (Lipinski definition) is 4. The molecule has 3 fully saturated rings. The van der Waals surface area contributed by atoms with Crippen LogP contribution in [0.2, 0.25) is 0 Å². The fourth-order valence-corrected chi connectivity index (χ4v) is 3.33. The van der Waals surface area contributed by atoms with E-state index in [-0.39, 0.29) is 11.4 Å². The zero-order chi connectivity index (χ0) is 13.0. The van der Waals surface area contributed by atoms with E-state index < -0.39 is 5.54 Å². The lowest BCUT2D eigenvalue weighted by atomic mass is 9.73. The molecule has 0 aromatic carbocycles. The summed E-state index contributed by atoms with van der Waals surface area (Å²) in [5, 5.41) is 6.21. The zero-order valence-electron chi connectivity index (χ0n) is 11.4. The average molecular weight is 250 g/mol. The van der Waals surface area contributed by atoms with Gasteiger partial charge in [-0.3, -0.25) is 10.1 Å². The van der Waals surface area contributed by atoms with Gasteiger partial charge in [-0.2, -0.15) is 0 Å². The van der Waals surface area contributed by atoms with Gasteiger partial charge < -0.3 is 10.2 Å². The first-order valence-electron chi connectivity index (χ1n) is 6.81. The van der Waals surface area contributed by atoms with Crippen molar-refractivity contribution in [3.05, 3.63) is 0 Å². The van der Waals surface area contributed by atoms with Crippen LogP contribution in [0.3, 0.4) is 0 Å². The quantitative estimate of drug-likeness (QED) is 0.651. The molecule has 100 valence electrons. The monoisotopic (exact) mass is 250 g/mol. The fraction of sp³-hybridized carbons (Fsp3) is 0.846. The maximum atomic E-state index is 12.3. The molecular weight excluding hydrogens is 228 g/mol. The van der Waals surface area contributed by atoms with Gasteiger partial charge in [-0.05, 0) is 52.6 Å². The number of carbonyl (C=O) groups excluding carboxylic acids is 1. The van der Waals surface area contributed by atoms with Crippen molar-refractivity contribution in [2.75, 3.05) is 19.6 Å². The molecule has 1 unspecified atom stereocenters. The summed E-state index contributed by atoms with van der Waals surface area (Å²) in [4.78, 5) is 19.4. The van der Waals surface area contributed by atoms with Crippen LogP contribution in [0.1, 0.15) is 33.6 Å². The molecule has 1 spiro atoms. The van der Waals surface area contributed by atoms with Crippen LogP contribution >= 0.6 is 0 Å². The summed E-state index contributed by atoms with van der Waals surface area (Å²) >= 11 is 0. The molecule has 4 heterocycles. The highest BCUT2D eigenvalue weighted by molar-refractivity contribution is 6.08. The van der Waals surface area contributed by atoms with Gasteiger partial charge in [-0.15, -0.1) is 0 Å². The molecule has 0 aliphatic carbocycles. The molecule has 3 saturated heterocycles. The van der Waals surface area contributed by atoms with Gasteiger partial charge >= 0.3 is 0 Å². The van der Waals surface area contributed by atoms with Gasteiger partial charge in [0.2, 0.25) is 0 Å². The molecule has 5 nitrogen and oxygen atoms in total. The number of fused-ring (bicyclic) bond motifs is 2. The van der Waals surface area contributed by atoms with E-state index in [9.17, 15) is 4.79 Å². The second-order valence-electron chi connectivity index (χ2n) is 6.76. The van der Waals surface area contributed by atoms with Gasteiger partial charge in [0.15, 0.2) is 11.5 Å². The van der Waals surface area contributed by atoms with E-state index in [1.807, 2.05) is 0 Å². The maximum absolute atomic E-state index is 12.3. The van der Waals surface area contributed by atoms with Crippen molar-refractivity contribution in [2.24, 2.45) is 10.9 Å². The number of rotatable bonds is 0. The van der Waals surface area contributed by atoms with Gasteiger partial charge in [-0.1, -0.05) is 0 Å². The molecule has 2 N–H and O–H groups in total. The Hall–Kier alpha value is -1.10. The predicted molar refractivity (Wildman–Crippen MR) is 70.4 cm³/mol. The summed E-state index contributed by atoms with van der Waals surface area (Å²) in [6.45, 7) is 9.25.